The first-order valence-electron chi connectivity index (χ1n) is 9.61. The van der Waals surface area contributed by atoms with Crippen LogP contribution in [0.25, 0.3) is 38.5 Å². The zero-order valence-electron chi connectivity index (χ0n) is 16.2. The predicted molar refractivity (Wildman–Crippen MR) is 126 cm³/mol. The van der Waals surface area contributed by atoms with Crippen LogP contribution in [0.15, 0.2) is 88.5 Å². The summed E-state index contributed by atoms with van der Waals surface area (Å²) in [5, 5.41) is 2.66. The molecule has 0 fully saturated rings. The first-order chi connectivity index (χ1) is 15.1. The molecule has 4 aromatic carbocycles. The average Bonchev–Trinajstić information content (AvgIpc) is 2.78. The summed E-state index contributed by atoms with van der Waals surface area (Å²) in [5.74, 6) is 2.63. The number of hydrogen-bond donors (Lipinski definition) is 1. The Morgan fingerprint density at radius 1 is 0.871 bits per heavy atom. The van der Waals surface area contributed by atoms with E-state index in [-0.39, 0.29) is 0 Å². The van der Waals surface area contributed by atoms with E-state index in [0.717, 1.165) is 16.3 Å². The van der Waals surface area contributed by atoms with Crippen molar-refractivity contribution < 1.29 is 0 Å². The Balaban J connectivity index is 1.78. The van der Waals surface area contributed by atoms with Crippen LogP contribution in [0.5, 0.6) is 0 Å². The molecular weight excluding hydrogens is 408 g/mol. The number of nitrogens with zero attached hydrogens (tertiary/aromatic N) is 1. The van der Waals surface area contributed by atoms with Gasteiger partial charge in [0.1, 0.15) is 0 Å². The number of hydrogen-bond acceptors (Lipinski definition) is 2. The highest BCUT2D eigenvalue weighted by atomic mass is 35.5. The Morgan fingerprint density at radius 2 is 1.65 bits per heavy atom. The van der Waals surface area contributed by atoms with Gasteiger partial charge in [-0.2, -0.15) is 0 Å². The number of terminal acetylenes is 1. The van der Waals surface area contributed by atoms with Gasteiger partial charge in [0.15, 0.2) is 0 Å². The Kier molecular flexibility index (Phi) is 4.47. The zero-order valence-corrected chi connectivity index (χ0v) is 17.0. The third-order valence-electron chi connectivity index (χ3n) is 5.36. The lowest BCUT2D eigenvalue weighted by Crippen LogP contribution is -2.33. The summed E-state index contributed by atoms with van der Waals surface area (Å²) in [6.45, 7) is 0. The van der Waals surface area contributed by atoms with Gasteiger partial charge in [0.05, 0.1) is 16.6 Å². The van der Waals surface area contributed by atoms with Crippen molar-refractivity contribution in [1.82, 2.24) is 9.55 Å². The largest absolute Gasteiger partial charge is 0.333 e. The normalized spacial score (nSPS) is 11.0. The third-order valence-corrected chi connectivity index (χ3v) is 5.68. The Bertz CT molecular complexity index is 1650. The molecular formula is C26H15ClN2O2. The second kappa shape index (κ2) is 7.32. The van der Waals surface area contributed by atoms with Gasteiger partial charge >= 0.3 is 5.69 Å². The van der Waals surface area contributed by atoms with Gasteiger partial charge in [0.2, 0.25) is 0 Å². The minimum atomic E-state index is -0.512. The van der Waals surface area contributed by atoms with Gasteiger partial charge < -0.3 is 4.98 Å². The van der Waals surface area contributed by atoms with E-state index in [1.54, 1.807) is 42.5 Å². The molecule has 0 radical (unpaired) electrons. The number of rotatable bonds is 2. The molecule has 5 heteroatoms. The molecule has 1 N–H and O–H groups in total. The topological polar surface area (TPSA) is 54.9 Å². The van der Waals surface area contributed by atoms with Crippen molar-refractivity contribution in [2.75, 3.05) is 0 Å². The molecule has 5 rings (SSSR count). The maximum absolute atomic E-state index is 13.3. The number of halogens is 1. The minimum absolute atomic E-state index is 0.391. The number of aromatic nitrogens is 2. The van der Waals surface area contributed by atoms with Gasteiger partial charge in [-0.05, 0) is 41.3 Å². The Labute approximate surface area is 182 Å². The summed E-state index contributed by atoms with van der Waals surface area (Å²) in [4.78, 5) is 29.1. The van der Waals surface area contributed by atoms with Crippen molar-refractivity contribution in [3.8, 4) is 29.2 Å². The van der Waals surface area contributed by atoms with Crippen LogP contribution >= 0.6 is 11.6 Å². The molecule has 0 aliphatic rings. The van der Waals surface area contributed by atoms with Crippen molar-refractivity contribution in [2.24, 2.45) is 0 Å². The fourth-order valence-electron chi connectivity index (χ4n) is 3.93. The first-order valence-corrected chi connectivity index (χ1v) is 9.99. The number of H-pyrrole nitrogens is 1. The quantitative estimate of drug-likeness (QED) is 0.401. The van der Waals surface area contributed by atoms with Gasteiger partial charge in [-0.3, -0.25) is 4.79 Å². The molecule has 0 saturated carbocycles. The Morgan fingerprint density at radius 3 is 2.48 bits per heavy atom. The van der Waals surface area contributed by atoms with Crippen molar-refractivity contribution in [3.05, 3.63) is 110 Å². The van der Waals surface area contributed by atoms with E-state index in [1.807, 2.05) is 36.4 Å². The second-order valence-electron chi connectivity index (χ2n) is 7.14. The van der Waals surface area contributed by atoms with Crippen LogP contribution in [0.1, 0.15) is 5.56 Å². The van der Waals surface area contributed by atoms with Crippen molar-refractivity contribution in [2.45, 2.75) is 0 Å². The summed E-state index contributed by atoms with van der Waals surface area (Å²) in [7, 11) is 0. The fourth-order valence-corrected chi connectivity index (χ4v) is 4.22. The zero-order chi connectivity index (χ0) is 21.5. The number of benzene rings is 4. The maximum atomic E-state index is 13.3. The molecule has 148 valence electrons. The van der Waals surface area contributed by atoms with E-state index >= 15 is 0 Å². The number of fused-ring (bicyclic) bond motifs is 2. The summed E-state index contributed by atoms with van der Waals surface area (Å²) in [5.41, 5.74) is 2.11. The van der Waals surface area contributed by atoms with Crippen LogP contribution in [-0.4, -0.2) is 9.55 Å². The van der Waals surface area contributed by atoms with Gasteiger partial charge in [-0.1, -0.05) is 66.1 Å². The van der Waals surface area contributed by atoms with Gasteiger partial charge in [-0.25, -0.2) is 9.36 Å². The van der Waals surface area contributed by atoms with Crippen LogP contribution < -0.4 is 11.2 Å². The molecule has 0 amide bonds. The van der Waals surface area contributed by atoms with Crippen molar-refractivity contribution in [1.29, 1.82) is 0 Å². The molecule has 0 aliphatic heterocycles. The van der Waals surface area contributed by atoms with E-state index in [2.05, 4.69) is 10.9 Å². The standard InChI is InChI=1S/C26H15ClN2O2/c1-2-16-8-5-11-21(27)24(16)18-13-14-20-22(15-18)28-26(31)29(25(20)30)23-12-6-9-17-7-3-4-10-19(17)23/h1,3-15H,(H,28,31). The monoisotopic (exact) mass is 422 g/mol. The lowest BCUT2D eigenvalue weighted by Gasteiger charge is -2.11. The third kappa shape index (κ3) is 3.04. The molecule has 4 nitrogen and oxygen atoms in total. The molecule has 0 saturated heterocycles. The highest BCUT2D eigenvalue weighted by molar-refractivity contribution is 6.33. The molecule has 1 aromatic heterocycles. The van der Waals surface area contributed by atoms with Crippen LogP contribution in [0.3, 0.4) is 0 Å². The van der Waals surface area contributed by atoms with Gasteiger partial charge in [-0.15, -0.1) is 6.42 Å². The van der Waals surface area contributed by atoms with Crippen molar-refractivity contribution >= 4 is 33.3 Å². The van der Waals surface area contributed by atoms with E-state index in [4.69, 9.17) is 18.0 Å². The molecule has 5 aromatic rings. The van der Waals surface area contributed by atoms with E-state index in [0.29, 0.717) is 32.7 Å². The second-order valence-corrected chi connectivity index (χ2v) is 7.54. The lowest BCUT2D eigenvalue weighted by molar-refractivity contribution is 0.908. The minimum Gasteiger partial charge on any atom is -0.306 e. The SMILES string of the molecule is C#Cc1cccc(Cl)c1-c1ccc2c(=O)n(-c3cccc4ccccc34)c(=O)[nH]c2c1. The van der Waals surface area contributed by atoms with Crippen LogP contribution in [0.4, 0.5) is 0 Å². The molecule has 1 heterocycles. The van der Waals surface area contributed by atoms with Crippen LogP contribution in [0.2, 0.25) is 5.02 Å². The molecule has 0 spiro atoms. The molecule has 0 aliphatic carbocycles. The molecule has 31 heavy (non-hydrogen) atoms. The van der Waals surface area contributed by atoms with E-state index in [9.17, 15) is 9.59 Å². The van der Waals surface area contributed by atoms with Crippen molar-refractivity contribution in [3.63, 3.8) is 0 Å². The van der Waals surface area contributed by atoms with Gasteiger partial charge in [0, 0.05) is 21.5 Å². The summed E-state index contributed by atoms with van der Waals surface area (Å²) < 4.78 is 1.17. The summed E-state index contributed by atoms with van der Waals surface area (Å²) in [6, 6.07) is 23.7. The molecule has 0 bridgehead atoms. The Hall–Kier alpha value is -4.07. The highest BCUT2D eigenvalue weighted by Crippen LogP contribution is 2.32. The first kappa shape index (κ1) is 18.9. The highest BCUT2D eigenvalue weighted by Gasteiger charge is 2.14. The van der Waals surface area contributed by atoms with Gasteiger partial charge in [0.25, 0.3) is 5.56 Å². The molecule has 0 atom stereocenters. The average molecular weight is 423 g/mol. The van der Waals surface area contributed by atoms with Crippen LogP contribution in [0, 0.1) is 12.3 Å². The van der Waals surface area contributed by atoms with E-state index < -0.39 is 11.2 Å². The number of nitrogens with one attached hydrogen (secondary N) is 1. The predicted octanol–water partition coefficient (Wildman–Crippen LogP) is 5.13. The number of aromatic amines is 1. The summed E-state index contributed by atoms with van der Waals surface area (Å²) >= 11 is 6.38. The fraction of sp³-hybridized carbons (Fsp3) is 0. The smallest absolute Gasteiger partial charge is 0.306 e. The van der Waals surface area contributed by atoms with E-state index in [1.165, 1.54) is 4.57 Å². The molecule has 0 unspecified atom stereocenters. The summed E-state index contributed by atoms with van der Waals surface area (Å²) in [6.07, 6.45) is 5.63. The maximum Gasteiger partial charge on any atom is 0.333 e. The van der Waals surface area contributed by atoms with Crippen LogP contribution in [-0.2, 0) is 0 Å². The lowest BCUT2D eigenvalue weighted by atomic mass is 9.99.